The molecular weight excluding hydrogens is 278 g/mol. The number of hydrogen-bond acceptors (Lipinski definition) is 6. The lowest BCUT2D eigenvalue weighted by Gasteiger charge is -2.20. The smallest absolute Gasteiger partial charge is 0.248 e. The van der Waals surface area contributed by atoms with Gasteiger partial charge in [0.05, 0.1) is 0 Å². The predicted molar refractivity (Wildman–Crippen MR) is 88.7 cm³/mol. The van der Waals surface area contributed by atoms with Crippen LogP contribution in [0.5, 0.6) is 0 Å². The van der Waals surface area contributed by atoms with Crippen LogP contribution in [-0.4, -0.2) is 34.1 Å². The molecule has 5 N–H and O–H groups in total. The average Bonchev–Trinajstić information content (AvgIpc) is 2.92. The number of nitrogens with zero attached hydrogens (tertiary/aromatic N) is 3. The van der Waals surface area contributed by atoms with Crippen molar-refractivity contribution in [2.24, 2.45) is 4.99 Å². The van der Waals surface area contributed by atoms with Crippen LogP contribution in [0.25, 0.3) is 0 Å². The largest absolute Gasteiger partial charge is 0.370 e. The Morgan fingerprint density at radius 1 is 1.36 bits per heavy atom. The van der Waals surface area contributed by atoms with Crippen molar-refractivity contribution in [1.29, 1.82) is 0 Å². The van der Waals surface area contributed by atoms with Gasteiger partial charge in [-0.3, -0.25) is 4.99 Å². The van der Waals surface area contributed by atoms with Crippen molar-refractivity contribution in [2.45, 2.75) is 26.7 Å². The van der Waals surface area contributed by atoms with Crippen molar-refractivity contribution in [3.05, 3.63) is 28.8 Å². The van der Waals surface area contributed by atoms with Gasteiger partial charge in [-0.25, -0.2) is 5.10 Å². The van der Waals surface area contributed by atoms with Crippen LogP contribution in [0.4, 0.5) is 17.6 Å². The topological polar surface area (TPSA) is 104 Å². The van der Waals surface area contributed by atoms with Gasteiger partial charge in [0.15, 0.2) is 0 Å². The van der Waals surface area contributed by atoms with E-state index in [4.69, 9.17) is 5.73 Å². The van der Waals surface area contributed by atoms with Gasteiger partial charge >= 0.3 is 0 Å². The molecule has 7 heteroatoms. The maximum absolute atomic E-state index is 5.55. The number of nitrogen functional groups attached to an aromatic ring is 1. The molecule has 0 saturated carbocycles. The Morgan fingerprint density at radius 2 is 2.23 bits per heavy atom. The fourth-order valence-electron chi connectivity index (χ4n) is 2.71. The molecule has 1 aliphatic heterocycles. The van der Waals surface area contributed by atoms with E-state index in [1.54, 1.807) is 0 Å². The van der Waals surface area contributed by atoms with Crippen molar-refractivity contribution in [3.63, 3.8) is 0 Å². The lowest BCUT2D eigenvalue weighted by Crippen LogP contribution is -2.31. The van der Waals surface area contributed by atoms with Gasteiger partial charge in [0.1, 0.15) is 5.84 Å². The summed E-state index contributed by atoms with van der Waals surface area (Å²) in [6, 6.07) is 4.20. The van der Waals surface area contributed by atoms with E-state index < -0.39 is 0 Å². The number of nitrogens with one attached hydrogen (secondary N) is 3. The van der Waals surface area contributed by atoms with Crippen LogP contribution < -0.4 is 16.4 Å². The summed E-state index contributed by atoms with van der Waals surface area (Å²) in [5.74, 6) is 1.78. The normalized spacial score (nSPS) is 14.4. The fourth-order valence-corrected chi connectivity index (χ4v) is 2.71. The molecule has 3 rings (SSSR count). The monoisotopic (exact) mass is 299 g/mol. The van der Waals surface area contributed by atoms with Crippen molar-refractivity contribution >= 4 is 23.4 Å². The molecule has 1 aromatic carbocycles. The molecule has 0 radical (unpaired) electrons. The number of nitrogens with two attached hydrogens (primary N) is 1. The highest BCUT2D eigenvalue weighted by atomic mass is 15.3. The molecule has 0 unspecified atom stereocenters. The number of anilines is 3. The number of aliphatic imine (C=N–C) groups is 1. The van der Waals surface area contributed by atoms with E-state index in [-0.39, 0.29) is 0 Å². The summed E-state index contributed by atoms with van der Waals surface area (Å²) in [5, 5.41) is 13.2. The molecule has 0 aliphatic carbocycles. The molecule has 116 valence electrons. The van der Waals surface area contributed by atoms with Crippen LogP contribution in [0, 0.1) is 6.92 Å². The van der Waals surface area contributed by atoms with Crippen LogP contribution in [0.3, 0.4) is 0 Å². The van der Waals surface area contributed by atoms with Crippen LogP contribution in [0.2, 0.25) is 0 Å². The van der Waals surface area contributed by atoms with E-state index in [0.717, 1.165) is 37.5 Å². The molecule has 0 saturated heterocycles. The van der Waals surface area contributed by atoms with Crippen molar-refractivity contribution in [2.75, 3.05) is 24.1 Å². The molecule has 0 atom stereocenters. The zero-order valence-electron chi connectivity index (χ0n) is 12.9. The Labute approximate surface area is 129 Å². The molecule has 1 aromatic heterocycles. The predicted octanol–water partition coefficient (Wildman–Crippen LogP) is 1.74. The van der Waals surface area contributed by atoms with E-state index >= 15 is 0 Å². The van der Waals surface area contributed by atoms with Gasteiger partial charge in [-0.2, -0.15) is 4.98 Å². The molecule has 2 heterocycles. The maximum Gasteiger partial charge on any atom is 0.248 e. The third kappa shape index (κ3) is 2.88. The first kappa shape index (κ1) is 14.4. The van der Waals surface area contributed by atoms with Crippen LogP contribution in [0.1, 0.15) is 30.0 Å². The number of amidine groups is 1. The number of benzene rings is 1. The number of rotatable bonds is 4. The van der Waals surface area contributed by atoms with Gasteiger partial charge in [-0.1, -0.05) is 6.92 Å². The SMILES string of the molecule is CCc1cc(Nc2n[nH]c(N)n2)cc(C)c1C1=NCCCN1. The lowest BCUT2D eigenvalue weighted by molar-refractivity contribution is 0.741. The third-order valence-corrected chi connectivity index (χ3v) is 3.69. The number of H-pyrrole nitrogens is 1. The molecule has 0 bridgehead atoms. The van der Waals surface area contributed by atoms with Crippen LogP contribution in [0.15, 0.2) is 17.1 Å². The third-order valence-electron chi connectivity index (χ3n) is 3.69. The number of aromatic amines is 1. The van der Waals surface area contributed by atoms with Crippen LogP contribution >= 0.6 is 0 Å². The van der Waals surface area contributed by atoms with Gasteiger partial charge in [0, 0.05) is 24.3 Å². The summed E-state index contributed by atoms with van der Waals surface area (Å²) >= 11 is 0. The van der Waals surface area contributed by atoms with E-state index in [2.05, 4.69) is 56.8 Å². The highest BCUT2D eigenvalue weighted by molar-refractivity contribution is 6.02. The minimum atomic E-state index is 0.298. The number of aromatic nitrogens is 3. The molecule has 0 amide bonds. The Morgan fingerprint density at radius 3 is 2.86 bits per heavy atom. The second kappa shape index (κ2) is 6.05. The number of aryl methyl sites for hydroxylation is 2. The zero-order chi connectivity index (χ0) is 15.5. The Hall–Kier alpha value is -2.57. The van der Waals surface area contributed by atoms with E-state index in [9.17, 15) is 0 Å². The summed E-state index contributed by atoms with van der Waals surface area (Å²) < 4.78 is 0. The van der Waals surface area contributed by atoms with E-state index in [0.29, 0.717) is 11.9 Å². The first-order valence-electron chi connectivity index (χ1n) is 7.54. The Balaban J connectivity index is 1.94. The van der Waals surface area contributed by atoms with E-state index in [1.807, 2.05) is 0 Å². The van der Waals surface area contributed by atoms with Crippen LogP contribution in [-0.2, 0) is 6.42 Å². The first-order valence-corrected chi connectivity index (χ1v) is 7.54. The standard InChI is InChI=1S/C15H21N7/c1-3-10-8-11(19-15-20-14(16)21-22-15)7-9(2)12(10)13-17-5-4-6-18-13/h7-8H,3-6H2,1-2H3,(H,17,18)(H4,16,19,20,21,22). The second-order valence-corrected chi connectivity index (χ2v) is 5.36. The van der Waals surface area contributed by atoms with Gasteiger partial charge < -0.3 is 16.4 Å². The minimum absolute atomic E-state index is 0.298. The van der Waals surface area contributed by atoms with Crippen molar-refractivity contribution in [1.82, 2.24) is 20.5 Å². The molecule has 0 spiro atoms. The van der Waals surface area contributed by atoms with Gasteiger partial charge in [0.2, 0.25) is 11.9 Å². The molecule has 7 nitrogen and oxygen atoms in total. The summed E-state index contributed by atoms with van der Waals surface area (Å²) in [6.07, 6.45) is 2.03. The van der Waals surface area contributed by atoms with E-state index in [1.165, 1.54) is 16.7 Å². The summed E-state index contributed by atoms with van der Waals surface area (Å²) in [4.78, 5) is 8.69. The van der Waals surface area contributed by atoms with Gasteiger partial charge in [-0.05, 0) is 43.0 Å². The Kier molecular flexibility index (Phi) is 3.95. The molecule has 2 aromatic rings. The highest BCUT2D eigenvalue weighted by Crippen LogP contribution is 2.24. The summed E-state index contributed by atoms with van der Waals surface area (Å²) in [6.45, 7) is 6.13. The quantitative estimate of drug-likeness (QED) is 0.688. The second-order valence-electron chi connectivity index (χ2n) is 5.36. The van der Waals surface area contributed by atoms with Crippen molar-refractivity contribution < 1.29 is 0 Å². The first-order chi connectivity index (χ1) is 10.7. The average molecular weight is 299 g/mol. The minimum Gasteiger partial charge on any atom is -0.370 e. The number of hydrogen-bond donors (Lipinski definition) is 4. The molecule has 0 fully saturated rings. The summed E-state index contributed by atoms with van der Waals surface area (Å²) in [5.41, 5.74) is 10.1. The molecular formula is C15H21N7. The zero-order valence-corrected chi connectivity index (χ0v) is 12.9. The van der Waals surface area contributed by atoms with Gasteiger partial charge in [0.25, 0.3) is 0 Å². The van der Waals surface area contributed by atoms with Gasteiger partial charge in [-0.15, -0.1) is 5.10 Å². The highest BCUT2D eigenvalue weighted by Gasteiger charge is 2.15. The Bertz CT molecular complexity index is 702. The summed E-state index contributed by atoms with van der Waals surface area (Å²) in [7, 11) is 0. The maximum atomic E-state index is 5.55. The lowest BCUT2D eigenvalue weighted by atomic mass is 9.97. The molecule has 1 aliphatic rings. The molecule has 22 heavy (non-hydrogen) atoms. The fraction of sp³-hybridized carbons (Fsp3) is 0.400. The van der Waals surface area contributed by atoms with Crippen molar-refractivity contribution in [3.8, 4) is 0 Å².